The van der Waals surface area contributed by atoms with Crippen LogP contribution in [0, 0.1) is 11.8 Å². The van der Waals surface area contributed by atoms with Crippen LogP contribution in [0.2, 0.25) is 0 Å². The van der Waals surface area contributed by atoms with Crippen molar-refractivity contribution in [1.29, 1.82) is 0 Å². The number of nitrogens with two attached hydrogens (primary N) is 1. The van der Waals surface area contributed by atoms with Crippen LogP contribution in [0.5, 0.6) is 11.5 Å². The van der Waals surface area contributed by atoms with E-state index in [2.05, 4.69) is 21.8 Å². The second-order valence-corrected chi connectivity index (χ2v) is 10.8. The molecular weight excluding hydrogens is 548 g/mol. The first kappa shape index (κ1) is 26.2. The van der Waals surface area contributed by atoms with Gasteiger partial charge in [0, 0.05) is 35.5 Å². The van der Waals surface area contributed by atoms with Crippen LogP contribution in [-0.4, -0.2) is 56.5 Å². The number of hydrogen-bond donors (Lipinski definition) is 3. The van der Waals surface area contributed by atoms with Crippen LogP contribution >= 0.6 is 0 Å². The van der Waals surface area contributed by atoms with E-state index in [0.29, 0.717) is 51.2 Å². The van der Waals surface area contributed by atoms with Gasteiger partial charge in [-0.3, -0.25) is 9.47 Å². The number of phenolic OH excluding ortho intramolecular Hbond substituents is 1. The minimum Gasteiger partial charge on any atom is -0.504 e. The number of rotatable bonds is 4. The van der Waals surface area contributed by atoms with Crippen molar-refractivity contribution in [1.82, 2.24) is 34.1 Å². The van der Waals surface area contributed by atoms with E-state index < -0.39 is 5.60 Å². The molecule has 0 unspecified atom stereocenters. The first-order valence-electron chi connectivity index (χ1n) is 13.5. The van der Waals surface area contributed by atoms with Crippen molar-refractivity contribution in [3.63, 3.8) is 0 Å². The number of nitrogen functional groups attached to an aromatic ring is 1. The van der Waals surface area contributed by atoms with Gasteiger partial charge in [0.2, 0.25) is 0 Å². The molecule has 0 atom stereocenters. The van der Waals surface area contributed by atoms with Crippen molar-refractivity contribution in [3.05, 3.63) is 88.5 Å². The molecule has 4 N–H and O–H groups in total. The number of aliphatic hydroxyl groups excluding tert-OH is 1. The molecule has 0 fully saturated rings. The molecule has 12 nitrogen and oxygen atoms in total. The molecule has 0 amide bonds. The van der Waals surface area contributed by atoms with Crippen molar-refractivity contribution in [2.45, 2.75) is 32.4 Å². The number of phenols is 1. The standard InChI is InChI=1S/C31H26N8O4/c1-31(2)15-20-19(10-11-22(41)27(20)43-31)26-25-28(32)33-17-34-29(25)38(36-26)16-23-35-21-9-5-7-18(8-6-14-40)24(21)30(42)39(23)37-12-3-4-13-37/h3-5,7,9-13,17,40-41H,14-16H2,1-2H3,(H2,32,33,34). The Hall–Kier alpha value is -5.67. The Balaban J connectivity index is 1.45. The summed E-state index contributed by atoms with van der Waals surface area (Å²) in [4.78, 5) is 27.7. The third kappa shape index (κ3) is 4.25. The van der Waals surface area contributed by atoms with Crippen molar-refractivity contribution >= 4 is 27.8 Å². The molecule has 0 radical (unpaired) electrons. The lowest BCUT2D eigenvalue weighted by atomic mass is 9.95. The molecule has 0 aliphatic carbocycles. The van der Waals surface area contributed by atoms with E-state index in [0.717, 1.165) is 11.1 Å². The molecule has 0 saturated heterocycles. The summed E-state index contributed by atoms with van der Waals surface area (Å²) in [5.74, 6) is 6.58. The summed E-state index contributed by atoms with van der Waals surface area (Å²) in [5.41, 5.74) is 9.01. The van der Waals surface area contributed by atoms with Crippen LogP contribution in [0.25, 0.3) is 33.2 Å². The van der Waals surface area contributed by atoms with E-state index in [1.807, 2.05) is 26.0 Å². The van der Waals surface area contributed by atoms with Crippen molar-refractivity contribution in [2.75, 3.05) is 12.3 Å². The third-order valence-corrected chi connectivity index (χ3v) is 7.39. The number of hydrogen-bond acceptors (Lipinski definition) is 9. The van der Waals surface area contributed by atoms with Crippen LogP contribution in [0.1, 0.15) is 30.8 Å². The van der Waals surface area contributed by atoms with E-state index in [1.165, 1.54) is 11.0 Å². The maximum atomic E-state index is 14.0. The number of fused-ring (bicyclic) bond motifs is 3. The maximum absolute atomic E-state index is 14.0. The minimum absolute atomic E-state index is 0.0523. The summed E-state index contributed by atoms with van der Waals surface area (Å²) in [6.07, 6.45) is 5.41. The van der Waals surface area contributed by atoms with Gasteiger partial charge in [0.05, 0.1) is 16.3 Å². The molecule has 1 aliphatic rings. The summed E-state index contributed by atoms with van der Waals surface area (Å²) in [6.45, 7) is 3.64. The lowest BCUT2D eigenvalue weighted by molar-refractivity contribution is 0.134. The summed E-state index contributed by atoms with van der Waals surface area (Å²) < 4.78 is 10.8. The number of nitrogens with zero attached hydrogens (tertiary/aromatic N) is 7. The molecule has 12 heteroatoms. The van der Waals surface area contributed by atoms with Gasteiger partial charge in [-0.15, -0.1) is 0 Å². The maximum Gasteiger partial charge on any atom is 0.282 e. The van der Waals surface area contributed by atoms with Gasteiger partial charge in [-0.05, 0) is 50.2 Å². The SMILES string of the molecule is CC1(C)Cc2c(-c3nn(Cc4nc5cccc(C#CCO)c5c(=O)n4-n4cccc4)c4ncnc(N)c34)ccc(O)c2O1. The van der Waals surface area contributed by atoms with Gasteiger partial charge in [0.15, 0.2) is 23.0 Å². The Labute approximate surface area is 244 Å². The molecule has 214 valence electrons. The molecule has 43 heavy (non-hydrogen) atoms. The van der Waals surface area contributed by atoms with Crippen molar-refractivity contribution in [2.24, 2.45) is 0 Å². The van der Waals surface area contributed by atoms with Crippen LogP contribution in [0.15, 0.2) is 66.0 Å². The first-order chi connectivity index (χ1) is 20.8. The molecule has 0 saturated carbocycles. The Bertz CT molecular complexity index is 2190. The van der Waals surface area contributed by atoms with Crippen LogP contribution in [0.3, 0.4) is 0 Å². The monoisotopic (exact) mass is 574 g/mol. The molecule has 7 rings (SSSR count). The molecule has 0 bridgehead atoms. The molecule has 0 spiro atoms. The fourth-order valence-electron chi connectivity index (χ4n) is 5.63. The number of anilines is 1. The summed E-state index contributed by atoms with van der Waals surface area (Å²) in [7, 11) is 0. The second-order valence-electron chi connectivity index (χ2n) is 10.8. The summed E-state index contributed by atoms with van der Waals surface area (Å²) >= 11 is 0. The van der Waals surface area contributed by atoms with Gasteiger partial charge in [-0.1, -0.05) is 17.9 Å². The Morgan fingerprint density at radius 3 is 2.70 bits per heavy atom. The second kappa shape index (κ2) is 9.71. The van der Waals surface area contributed by atoms with E-state index in [1.54, 1.807) is 52.1 Å². The minimum atomic E-state index is -0.515. The highest BCUT2D eigenvalue weighted by Crippen LogP contribution is 2.47. The largest absolute Gasteiger partial charge is 0.504 e. The van der Waals surface area contributed by atoms with Gasteiger partial charge in [0.1, 0.15) is 36.6 Å². The fraction of sp³-hybridized carbons (Fsp3) is 0.194. The molecule has 4 aromatic heterocycles. The molecule has 2 aromatic carbocycles. The van der Waals surface area contributed by atoms with Crippen LogP contribution in [0.4, 0.5) is 5.82 Å². The highest BCUT2D eigenvalue weighted by atomic mass is 16.5. The summed E-state index contributed by atoms with van der Waals surface area (Å²) in [5, 5.41) is 25.6. The zero-order chi connectivity index (χ0) is 29.9. The normalized spacial score (nSPS) is 13.6. The smallest absolute Gasteiger partial charge is 0.282 e. The number of aliphatic hydroxyl groups is 1. The molecule has 6 aromatic rings. The fourth-order valence-corrected chi connectivity index (χ4v) is 5.63. The predicted molar refractivity (Wildman–Crippen MR) is 160 cm³/mol. The number of aromatic nitrogens is 7. The Morgan fingerprint density at radius 2 is 1.91 bits per heavy atom. The third-order valence-electron chi connectivity index (χ3n) is 7.39. The van der Waals surface area contributed by atoms with Gasteiger partial charge in [0.25, 0.3) is 5.56 Å². The lowest BCUT2D eigenvalue weighted by Gasteiger charge is -2.16. The van der Waals surface area contributed by atoms with E-state index >= 15 is 0 Å². The van der Waals surface area contributed by atoms with Crippen LogP contribution < -0.4 is 16.0 Å². The van der Waals surface area contributed by atoms with Gasteiger partial charge >= 0.3 is 0 Å². The zero-order valence-corrected chi connectivity index (χ0v) is 23.3. The number of benzene rings is 2. The van der Waals surface area contributed by atoms with Gasteiger partial charge < -0.3 is 20.7 Å². The van der Waals surface area contributed by atoms with Crippen molar-refractivity contribution < 1.29 is 14.9 Å². The van der Waals surface area contributed by atoms with E-state index in [4.69, 9.17) is 20.6 Å². The highest BCUT2D eigenvalue weighted by molar-refractivity contribution is 5.99. The lowest BCUT2D eigenvalue weighted by Crippen LogP contribution is -2.31. The van der Waals surface area contributed by atoms with E-state index in [9.17, 15) is 15.0 Å². The van der Waals surface area contributed by atoms with Gasteiger partial charge in [-0.2, -0.15) is 9.77 Å². The molecular formula is C31H26N8O4. The summed E-state index contributed by atoms with van der Waals surface area (Å²) in [6, 6.07) is 12.2. The van der Waals surface area contributed by atoms with Crippen LogP contribution in [-0.2, 0) is 13.0 Å². The quantitative estimate of drug-likeness (QED) is 0.269. The first-order valence-corrected chi connectivity index (χ1v) is 13.5. The van der Waals surface area contributed by atoms with E-state index in [-0.39, 0.29) is 30.3 Å². The predicted octanol–water partition coefficient (Wildman–Crippen LogP) is 2.71. The van der Waals surface area contributed by atoms with Crippen molar-refractivity contribution in [3.8, 4) is 34.6 Å². The number of ether oxygens (including phenoxy) is 1. The molecule has 1 aliphatic heterocycles. The topological polar surface area (TPSA) is 159 Å². The molecule has 5 heterocycles. The number of aromatic hydroxyl groups is 1. The highest BCUT2D eigenvalue weighted by Gasteiger charge is 2.35. The van der Waals surface area contributed by atoms with Gasteiger partial charge in [-0.25, -0.2) is 19.6 Å². The average molecular weight is 575 g/mol. The Kier molecular flexibility index (Phi) is 5.93. The average Bonchev–Trinajstić information content (AvgIpc) is 3.71. The Morgan fingerprint density at radius 1 is 1.09 bits per heavy atom. The zero-order valence-electron chi connectivity index (χ0n) is 23.3.